The zero-order valence-electron chi connectivity index (χ0n) is 19.2. The molecule has 2 aliphatic heterocycles. The molecule has 0 aliphatic carbocycles. The quantitative estimate of drug-likeness (QED) is 0.361. The minimum Gasteiger partial charge on any atom is -0.456 e. The topological polar surface area (TPSA) is 133 Å². The molecule has 0 spiro atoms. The minimum atomic E-state index is -0.639. The summed E-state index contributed by atoms with van der Waals surface area (Å²) < 4.78 is 18.8. The van der Waals surface area contributed by atoms with Crippen LogP contribution in [0, 0.1) is 0 Å². The molecule has 1 unspecified atom stereocenters. The van der Waals surface area contributed by atoms with Crippen LogP contribution in [0.3, 0.4) is 0 Å². The van der Waals surface area contributed by atoms with Crippen molar-refractivity contribution in [1.82, 2.24) is 35.2 Å². The number of pyridine rings is 1. The number of hydrogen-bond acceptors (Lipinski definition) is 9. The number of aromatic amines is 1. The highest BCUT2D eigenvalue weighted by atomic mass is 35.5. The maximum Gasteiger partial charge on any atom is 0.296 e. The van der Waals surface area contributed by atoms with Crippen molar-refractivity contribution in [2.24, 2.45) is 0 Å². The molecule has 5 heterocycles. The maximum absolute atomic E-state index is 9.93. The zero-order chi connectivity index (χ0) is 24.9. The zero-order valence-corrected chi connectivity index (χ0v) is 20.0. The normalized spacial score (nSPS) is 23.0. The van der Waals surface area contributed by atoms with Gasteiger partial charge in [0.1, 0.15) is 24.6 Å². The molecule has 186 valence electrons. The Morgan fingerprint density at radius 2 is 1.68 bits per heavy atom. The number of imidazole rings is 1. The SMILES string of the molecule is O[C@@H]1COC2[C@H](Oc3nc4nc(-c5ccc(-c6ccc(-n7cnnn7)cc6)cc5)c(Cl)cc4[nH]3)CO[C@@H]21. The number of aliphatic hydroxyl groups is 1. The van der Waals surface area contributed by atoms with E-state index in [1.54, 1.807) is 17.1 Å². The lowest BCUT2D eigenvalue weighted by atomic mass is 10.0. The Hall–Kier alpha value is -3.90. The first kappa shape index (κ1) is 22.3. The van der Waals surface area contributed by atoms with Gasteiger partial charge >= 0.3 is 0 Å². The van der Waals surface area contributed by atoms with Crippen molar-refractivity contribution in [1.29, 1.82) is 0 Å². The summed E-state index contributed by atoms with van der Waals surface area (Å²) in [6.45, 7) is 0.552. The summed E-state index contributed by atoms with van der Waals surface area (Å²) in [6, 6.07) is 18.0. The molecule has 2 aromatic carbocycles. The largest absolute Gasteiger partial charge is 0.456 e. The summed E-state index contributed by atoms with van der Waals surface area (Å²) in [5.74, 6) is 0. The molecule has 4 atom stereocenters. The van der Waals surface area contributed by atoms with Gasteiger partial charge in [0, 0.05) is 5.56 Å². The molecule has 5 aromatic rings. The summed E-state index contributed by atoms with van der Waals surface area (Å²) in [4.78, 5) is 12.3. The van der Waals surface area contributed by atoms with Crippen LogP contribution in [-0.2, 0) is 9.47 Å². The van der Waals surface area contributed by atoms with Gasteiger partial charge in [-0.05, 0) is 39.8 Å². The van der Waals surface area contributed by atoms with Gasteiger partial charge < -0.3 is 24.3 Å². The molecule has 3 aromatic heterocycles. The van der Waals surface area contributed by atoms with E-state index in [1.165, 1.54) is 0 Å². The first-order valence-corrected chi connectivity index (χ1v) is 12.1. The Morgan fingerprint density at radius 1 is 0.946 bits per heavy atom. The number of ether oxygens (including phenoxy) is 3. The molecule has 11 nitrogen and oxygen atoms in total. The van der Waals surface area contributed by atoms with Crippen LogP contribution in [0.25, 0.3) is 39.2 Å². The Bertz CT molecular complexity index is 1560. The van der Waals surface area contributed by atoms with Gasteiger partial charge in [0.2, 0.25) is 0 Å². The highest BCUT2D eigenvalue weighted by Crippen LogP contribution is 2.33. The van der Waals surface area contributed by atoms with Crippen LogP contribution in [0.2, 0.25) is 5.02 Å². The molecule has 2 aliphatic rings. The fourth-order valence-corrected chi connectivity index (χ4v) is 5.01. The monoisotopic (exact) mass is 517 g/mol. The standard InChI is InChI=1S/C25H20ClN7O4/c26-17-9-18-24(30-25(28-18)37-20-11-36-22-19(34)10-35-23(20)22)29-21(17)15-3-1-13(2-4-15)14-5-7-16(8-6-14)33-12-27-31-32-33/h1-9,12,19-20,22-23,34H,10-11H2,(H,28,29,30)/t19-,20-,22-,23?/m1/s1. The average Bonchev–Trinajstić information content (AvgIpc) is 3.71. The van der Waals surface area contributed by atoms with Gasteiger partial charge in [-0.2, -0.15) is 4.98 Å². The van der Waals surface area contributed by atoms with Crippen LogP contribution in [-0.4, -0.2) is 77.9 Å². The summed E-state index contributed by atoms with van der Waals surface area (Å²) in [5, 5.41) is 21.7. The second-order valence-electron chi connectivity index (χ2n) is 8.93. The van der Waals surface area contributed by atoms with Crippen molar-refractivity contribution in [2.45, 2.75) is 24.4 Å². The molecule has 2 fully saturated rings. The molecule has 7 rings (SSSR count). The van der Waals surface area contributed by atoms with Crippen LogP contribution in [0.1, 0.15) is 0 Å². The fourth-order valence-electron chi connectivity index (χ4n) is 4.75. The lowest BCUT2D eigenvalue weighted by Crippen LogP contribution is -2.34. The van der Waals surface area contributed by atoms with E-state index in [4.69, 9.17) is 25.8 Å². The molecule has 0 saturated carbocycles. The number of H-pyrrole nitrogens is 1. The van der Waals surface area contributed by atoms with Gasteiger partial charge in [-0.25, -0.2) is 9.67 Å². The molecular formula is C25H20ClN7O4. The van der Waals surface area contributed by atoms with Crippen LogP contribution < -0.4 is 4.74 Å². The second-order valence-corrected chi connectivity index (χ2v) is 9.34. The number of nitrogens with one attached hydrogen (secondary N) is 1. The van der Waals surface area contributed by atoms with E-state index in [-0.39, 0.29) is 24.9 Å². The highest BCUT2D eigenvalue weighted by molar-refractivity contribution is 6.33. The Labute approximate surface area is 215 Å². The van der Waals surface area contributed by atoms with Gasteiger partial charge in [-0.1, -0.05) is 48.0 Å². The van der Waals surface area contributed by atoms with Gasteiger partial charge in [-0.3, -0.25) is 0 Å². The summed E-state index contributed by atoms with van der Waals surface area (Å²) >= 11 is 6.59. The number of fused-ring (bicyclic) bond motifs is 2. The van der Waals surface area contributed by atoms with E-state index >= 15 is 0 Å². The Kier molecular flexibility index (Phi) is 5.36. The van der Waals surface area contributed by atoms with Crippen molar-refractivity contribution in [3.05, 3.63) is 65.9 Å². The van der Waals surface area contributed by atoms with E-state index in [1.807, 2.05) is 48.5 Å². The third-order valence-corrected chi connectivity index (χ3v) is 6.91. The summed E-state index contributed by atoms with van der Waals surface area (Å²) in [5.41, 5.74) is 5.63. The molecular weight excluding hydrogens is 498 g/mol. The van der Waals surface area contributed by atoms with Crippen LogP contribution in [0.5, 0.6) is 6.01 Å². The average molecular weight is 518 g/mol. The number of benzene rings is 2. The van der Waals surface area contributed by atoms with Gasteiger partial charge in [0.15, 0.2) is 11.8 Å². The lowest BCUT2D eigenvalue weighted by molar-refractivity contribution is 0.00706. The molecule has 2 saturated heterocycles. The third kappa shape index (κ3) is 4.02. The Balaban J connectivity index is 1.11. The van der Waals surface area contributed by atoms with Crippen LogP contribution >= 0.6 is 11.6 Å². The van der Waals surface area contributed by atoms with E-state index in [9.17, 15) is 5.11 Å². The molecule has 12 heteroatoms. The van der Waals surface area contributed by atoms with Gasteiger partial charge in [0.05, 0.1) is 35.1 Å². The predicted molar refractivity (Wildman–Crippen MR) is 132 cm³/mol. The smallest absolute Gasteiger partial charge is 0.296 e. The lowest BCUT2D eigenvalue weighted by Gasteiger charge is -2.15. The fraction of sp³-hybridized carbons (Fsp3) is 0.240. The molecule has 0 radical (unpaired) electrons. The number of halogens is 1. The highest BCUT2D eigenvalue weighted by Gasteiger charge is 2.48. The number of aliphatic hydroxyl groups excluding tert-OH is 1. The van der Waals surface area contributed by atoms with Crippen LogP contribution in [0.15, 0.2) is 60.9 Å². The molecule has 0 bridgehead atoms. The number of aromatic nitrogens is 7. The molecule has 2 N–H and O–H groups in total. The minimum absolute atomic E-state index is 0.237. The third-order valence-electron chi connectivity index (χ3n) is 6.62. The first-order valence-electron chi connectivity index (χ1n) is 11.7. The van der Waals surface area contributed by atoms with Gasteiger partial charge in [-0.15, -0.1) is 5.10 Å². The first-order chi connectivity index (χ1) is 18.1. The van der Waals surface area contributed by atoms with E-state index in [0.717, 1.165) is 22.4 Å². The second kappa shape index (κ2) is 8.89. The predicted octanol–water partition coefficient (Wildman–Crippen LogP) is 2.83. The maximum atomic E-state index is 9.93. The number of rotatable bonds is 5. The van der Waals surface area contributed by atoms with Crippen molar-refractivity contribution in [3.63, 3.8) is 0 Å². The van der Waals surface area contributed by atoms with E-state index < -0.39 is 6.10 Å². The van der Waals surface area contributed by atoms with E-state index in [2.05, 4.69) is 30.5 Å². The number of tetrazole rings is 1. The molecule has 37 heavy (non-hydrogen) atoms. The van der Waals surface area contributed by atoms with Crippen molar-refractivity contribution in [2.75, 3.05) is 13.2 Å². The van der Waals surface area contributed by atoms with E-state index in [0.29, 0.717) is 34.5 Å². The van der Waals surface area contributed by atoms with Crippen molar-refractivity contribution in [3.8, 4) is 34.1 Å². The Morgan fingerprint density at radius 3 is 2.43 bits per heavy atom. The summed E-state index contributed by atoms with van der Waals surface area (Å²) in [7, 11) is 0. The van der Waals surface area contributed by atoms with Crippen LogP contribution in [0.4, 0.5) is 0 Å². The summed E-state index contributed by atoms with van der Waals surface area (Å²) in [6.07, 6.45) is -0.156. The van der Waals surface area contributed by atoms with Crippen molar-refractivity contribution >= 4 is 22.8 Å². The molecule has 0 amide bonds. The van der Waals surface area contributed by atoms with Crippen molar-refractivity contribution < 1.29 is 19.3 Å². The number of nitrogens with zero attached hydrogens (tertiary/aromatic N) is 6. The number of hydrogen-bond donors (Lipinski definition) is 2. The van der Waals surface area contributed by atoms with Gasteiger partial charge in [0.25, 0.3) is 6.01 Å².